The van der Waals surface area contributed by atoms with Gasteiger partial charge in [0.15, 0.2) is 0 Å². The molecule has 6 nitrogen and oxygen atoms in total. The molecule has 0 spiro atoms. The number of carbonyl (C=O) groups is 1. The van der Waals surface area contributed by atoms with Crippen molar-refractivity contribution in [1.82, 2.24) is 0 Å². The lowest BCUT2D eigenvalue weighted by atomic mass is 9.95. The van der Waals surface area contributed by atoms with Gasteiger partial charge in [-0.1, -0.05) is 0 Å². The Morgan fingerprint density at radius 1 is 1.41 bits per heavy atom. The maximum absolute atomic E-state index is 10.8. The lowest BCUT2D eigenvalue weighted by molar-refractivity contribution is -0.384. The number of nitro groups is 1. The van der Waals surface area contributed by atoms with Crippen LogP contribution in [0.4, 0.5) is 5.69 Å². The van der Waals surface area contributed by atoms with Crippen LogP contribution in [0.3, 0.4) is 0 Å². The normalized spacial score (nSPS) is 10.9. The summed E-state index contributed by atoms with van der Waals surface area (Å²) in [6.07, 6.45) is 0. The van der Waals surface area contributed by atoms with Crippen LogP contribution >= 0.6 is 0 Å². The molecular formula is C11H13NO5. The molecule has 0 atom stereocenters. The van der Waals surface area contributed by atoms with E-state index in [1.807, 2.05) is 0 Å². The van der Waals surface area contributed by atoms with Crippen molar-refractivity contribution < 1.29 is 19.6 Å². The highest BCUT2D eigenvalue weighted by atomic mass is 16.6. The summed E-state index contributed by atoms with van der Waals surface area (Å²) in [5.41, 5.74) is -1.03. The van der Waals surface area contributed by atoms with Crippen molar-refractivity contribution >= 4 is 11.7 Å². The molecule has 0 aliphatic rings. The molecule has 0 saturated heterocycles. The number of benzene rings is 1. The molecule has 1 aromatic rings. The van der Waals surface area contributed by atoms with Gasteiger partial charge < -0.3 is 9.84 Å². The van der Waals surface area contributed by atoms with E-state index >= 15 is 0 Å². The first kappa shape index (κ1) is 13.0. The summed E-state index contributed by atoms with van der Waals surface area (Å²) in [5.74, 6) is -0.552. The lowest BCUT2D eigenvalue weighted by Gasteiger charge is -2.19. The van der Waals surface area contributed by atoms with Crippen molar-refractivity contribution in [2.75, 3.05) is 6.61 Å². The summed E-state index contributed by atoms with van der Waals surface area (Å²) < 4.78 is 5.26. The lowest BCUT2D eigenvalue weighted by Crippen LogP contribution is -2.30. The minimum atomic E-state index is -0.998. The predicted molar refractivity (Wildman–Crippen MR) is 60.0 cm³/mol. The quantitative estimate of drug-likeness (QED) is 0.627. The van der Waals surface area contributed by atoms with E-state index < -0.39 is 16.3 Å². The zero-order valence-corrected chi connectivity index (χ0v) is 9.54. The first-order valence-electron chi connectivity index (χ1n) is 4.93. The number of ether oxygens (including phenoxy) is 1. The van der Waals surface area contributed by atoms with E-state index in [0.29, 0.717) is 5.75 Å². The number of carboxylic acid groups (broad SMARTS) is 1. The molecule has 0 amide bonds. The zero-order valence-electron chi connectivity index (χ0n) is 9.54. The number of hydrogen-bond acceptors (Lipinski definition) is 4. The molecule has 0 aliphatic heterocycles. The van der Waals surface area contributed by atoms with Gasteiger partial charge in [-0.05, 0) is 26.0 Å². The van der Waals surface area contributed by atoms with Crippen LogP contribution in [-0.2, 0) is 4.79 Å². The number of non-ortho nitro benzene ring substituents is 1. The molecule has 0 heterocycles. The standard InChI is InChI=1S/C11H13NO5/c1-11(2,10(13)14)7-17-9-5-3-8(4-6-9)12(15)16/h3-6H,7H2,1-2H3,(H,13,14). The van der Waals surface area contributed by atoms with E-state index in [4.69, 9.17) is 9.84 Å². The first-order chi connectivity index (χ1) is 7.83. The SMILES string of the molecule is CC(C)(COc1ccc([N+](=O)[O-])cc1)C(=O)O. The fourth-order valence-corrected chi connectivity index (χ4v) is 0.990. The van der Waals surface area contributed by atoms with Gasteiger partial charge in [0.1, 0.15) is 12.4 Å². The summed E-state index contributed by atoms with van der Waals surface area (Å²) in [7, 11) is 0. The van der Waals surface area contributed by atoms with Gasteiger partial charge >= 0.3 is 5.97 Å². The maximum atomic E-state index is 10.8. The second kappa shape index (κ2) is 4.82. The highest BCUT2D eigenvalue weighted by Gasteiger charge is 2.28. The Labute approximate surface area is 98.0 Å². The van der Waals surface area contributed by atoms with Gasteiger partial charge in [-0.15, -0.1) is 0 Å². The highest BCUT2D eigenvalue weighted by molar-refractivity contribution is 5.73. The van der Waals surface area contributed by atoms with Crippen molar-refractivity contribution in [3.8, 4) is 5.75 Å². The number of hydrogen-bond donors (Lipinski definition) is 1. The Balaban J connectivity index is 2.65. The van der Waals surface area contributed by atoms with Crippen molar-refractivity contribution in [3.05, 3.63) is 34.4 Å². The molecule has 0 aliphatic carbocycles. The van der Waals surface area contributed by atoms with E-state index in [-0.39, 0.29) is 12.3 Å². The third-order valence-electron chi connectivity index (χ3n) is 2.23. The number of nitro benzene ring substituents is 1. The summed E-state index contributed by atoms with van der Waals surface area (Å²) in [5, 5.41) is 19.3. The Hall–Kier alpha value is -2.11. The fourth-order valence-electron chi connectivity index (χ4n) is 0.990. The van der Waals surface area contributed by atoms with E-state index in [2.05, 4.69) is 0 Å². The van der Waals surface area contributed by atoms with Gasteiger partial charge in [-0.3, -0.25) is 14.9 Å². The van der Waals surface area contributed by atoms with Crippen LogP contribution in [0.25, 0.3) is 0 Å². The minimum absolute atomic E-state index is 0.000143. The largest absolute Gasteiger partial charge is 0.492 e. The second-order valence-corrected chi connectivity index (χ2v) is 4.23. The van der Waals surface area contributed by atoms with Crippen LogP contribution in [0.15, 0.2) is 24.3 Å². The molecule has 0 radical (unpaired) electrons. The first-order valence-corrected chi connectivity index (χ1v) is 4.93. The Bertz CT molecular complexity index is 424. The Kier molecular flexibility index (Phi) is 3.67. The number of nitrogens with zero attached hydrogens (tertiary/aromatic N) is 1. The molecule has 0 aromatic heterocycles. The fraction of sp³-hybridized carbons (Fsp3) is 0.364. The monoisotopic (exact) mass is 239 g/mol. The van der Waals surface area contributed by atoms with E-state index in [0.717, 1.165) is 0 Å². The smallest absolute Gasteiger partial charge is 0.312 e. The van der Waals surface area contributed by atoms with Crippen LogP contribution in [0.2, 0.25) is 0 Å². The highest BCUT2D eigenvalue weighted by Crippen LogP contribution is 2.21. The average Bonchev–Trinajstić information content (AvgIpc) is 2.27. The number of carboxylic acids is 1. The third-order valence-corrected chi connectivity index (χ3v) is 2.23. The summed E-state index contributed by atoms with van der Waals surface area (Å²) in [6, 6.07) is 5.50. The summed E-state index contributed by atoms with van der Waals surface area (Å²) in [4.78, 5) is 20.7. The zero-order chi connectivity index (χ0) is 13.1. The van der Waals surface area contributed by atoms with Gasteiger partial charge in [0, 0.05) is 12.1 Å². The molecule has 6 heteroatoms. The van der Waals surface area contributed by atoms with E-state index in [9.17, 15) is 14.9 Å². The van der Waals surface area contributed by atoms with Crippen molar-refractivity contribution in [1.29, 1.82) is 0 Å². The van der Waals surface area contributed by atoms with Crippen molar-refractivity contribution in [2.45, 2.75) is 13.8 Å². The van der Waals surface area contributed by atoms with Crippen LogP contribution in [0.5, 0.6) is 5.75 Å². The van der Waals surface area contributed by atoms with Gasteiger partial charge in [0.05, 0.1) is 10.3 Å². The number of aliphatic carboxylic acids is 1. The molecule has 1 rings (SSSR count). The van der Waals surface area contributed by atoms with E-state index in [1.54, 1.807) is 13.8 Å². The molecule has 0 bridgehead atoms. The molecule has 1 aromatic carbocycles. The summed E-state index contributed by atoms with van der Waals surface area (Å²) >= 11 is 0. The van der Waals surface area contributed by atoms with Crippen LogP contribution in [0.1, 0.15) is 13.8 Å². The van der Waals surface area contributed by atoms with Crippen LogP contribution in [-0.4, -0.2) is 22.6 Å². The van der Waals surface area contributed by atoms with Crippen molar-refractivity contribution in [2.24, 2.45) is 5.41 Å². The average molecular weight is 239 g/mol. The van der Waals surface area contributed by atoms with Gasteiger partial charge in [-0.2, -0.15) is 0 Å². The van der Waals surface area contributed by atoms with E-state index in [1.165, 1.54) is 24.3 Å². The van der Waals surface area contributed by atoms with Crippen LogP contribution in [0, 0.1) is 15.5 Å². The van der Waals surface area contributed by atoms with Gasteiger partial charge in [0.25, 0.3) is 5.69 Å². The van der Waals surface area contributed by atoms with Gasteiger partial charge in [-0.25, -0.2) is 0 Å². The minimum Gasteiger partial charge on any atom is -0.492 e. The molecule has 92 valence electrons. The summed E-state index contributed by atoms with van der Waals surface area (Å²) in [6.45, 7) is 3.08. The molecule has 17 heavy (non-hydrogen) atoms. The molecule has 0 unspecified atom stereocenters. The molecule has 0 saturated carbocycles. The molecule has 1 N–H and O–H groups in total. The molecular weight excluding hydrogens is 226 g/mol. The van der Waals surface area contributed by atoms with Crippen LogP contribution < -0.4 is 4.74 Å². The predicted octanol–water partition coefficient (Wildman–Crippen LogP) is 2.08. The Morgan fingerprint density at radius 2 is 1.94 bits per heavy atom. The Morgan fingerprint density at radius 3 is 2.35 bits per heavy atom. The van der Waals surface area contributed by atoms with Gasteiger partial charge in [0.2, 0.25) is 0 Å². The third kappa shape index (κ3) is 3.44. The van der Waals surface area contributed by atoms with Crippen molar-refractivity contribution in [3.63, 3.8) is 0 Å². The number of rotatable bonds is 5. The topological polar surface area (TPSA) is 89.7 Å². The maximum Gasteiger partial charge on any atom is 0.312 e. The molecule has 0 fully saturated rings. The second-order valence-electron chi connectivity index (χ2n) is 4.23.